The number of hydrogen-bond acceptors (Lipinski definition) is 3. The van der Waals surface area contributed by atoms with E-state index in [2.05, 4.69) is 4.98 Å². The molecule has 0 saturated carbocycles. The Morgan fingerprint density at radius 2 is 1.75 bits per heavy atom. The summed E-state index contributed by atoms with van der Waals surface area (Å²) in [4.78, 5) is 26.3. The molecule has 0 saturated heterocycles. The first-order chi connectivity index (χ1) is 9.47. The predicted molar refractivity (Wildman–Crippen MR) is 73.6 cm³/mol. The standard InChI is InChI=1S/C14H16N2O4/c1-9-11(10-4-2-3-5-12(10)15-9)6-16(7-13(17)18)8-14(19)20/h2-5,15H,6-8H2,1H3,(H,17,18)(H,19,20). The average molecular weight is 276 g/mol. The van der Waals surface area contributed by atoms with E-state index in [9.17, 15) is 9.59 Å². The number of para-hydroxylation sites is 1. The second-order valence-electron chi connectivity index (χ2n) is 4.71. The van der Waals surface area contributed by atoms with Crippen molar-refractivity contribution in [2.75, 3.05) is 13.1 Å². The van der Waals surface area contributed by atoms with Gasteiger partial charge in [-0.1, -0.05) is 18.2 Å². The molecule has 106 valence electrons. The Morgan fingerprint density at radius 3 is 2.35 bits per heavy atom. The third-order valence-corrected chi connectivity index (χ3v) is 3.13. The Bertz CT molecular complexity index is 632. The number of rotatable bonds is 6. The minimum Gasteiger partial charge on any atom is -0.480 e. The van der Waals surface area contributed by atoms with Crippen molar-refractivity contribution < 1.29 is 19.8 Å². The fraction of sp³-hybridized carbons (Fsp3) is 0.286. The molecule has 0 fully saturated rings. The molecule has 0 aliphatic rings. The fourth-order valence-corrected chi connectivity index (χ4v) is 2.31. The van der Waals surface area contributed by atoms with Gasteiger partial charge in [0.2, 0.25) is 0 Å². The number of aryl methyl sites for hydroxylation is 1. The van der Waals surface area contributed by atoms with E-state index in [-0.39, 0.29) is 19.6 Å². The quantitative estimate of drug-likeness (QED) is 0.742. The molecule has 0 bridgehead atoms. The second-order valence-corrected chi connectivity index (χ2v) is 4.71. The van der Waals surface area contributed by atoms with Crippen LogP contribution in [0.3, 0.4) is 0 Å². The monoisotopic (exact) mass is 276 g/mol. The van der Waals surface area contributed by atoms with Crippen LogP contribution in [0.4, 0.5) is 0 Å². The van der Waals surface area contributed by atoms with E-state index in [4.69, 9.17) is 10.2 Å². The maximum absolute atomic E-state index is 10.8. The molecule has 1 aromatic carbocycles. The van der Waals surface area contributed by atoms with E-state index in [1.807, 2.05) is 31.2 Å². The van der Waals surface area contributed by atoms with E-state index in [0.29, 0.717) is 0 Å². The van der Waals surface area contributed by atoms with Crippen molar-refractivity contribution >= 4 is 22.8 Å². The van der Waals surface area contributed by atoms with Crippen LogP contribution in [0.25, 0.3) is 10.9 Å². The lowest BCUT2D eigenvalue weighted by Gasteiger charge is -2.18. The lowest BCUT2D eigenvalue weighted by atomic mass is 10.1. The first-order valence-corrected chi connectivity index (χ1v) is 6.19. The zero-order valence-electron chi connectivity index (χ0n) is 11.1. The molecule has 0 unspecified atom stereocenters. The van der Waals surface area contributed by atoms with Crippen molar-refractivity contribution in [3.05, 3.63) is 35.5 Å². The lowest BCUT2D eigenvalue weighted by Crippen LogP contribution is -2.34. The number of nitrogens with zero attached hydrogens (tertiary/aromatic N) is 1. The van der Waals surface area contributed by atoms with Crippen LogP contribution >= 0.6 is 0 Å². The number of hydrogen-bond donors (Lipinski definition) is 3. The van der Waals surface area contributed by atoms with Gasteiger partial charge in [0.25, 0.3) is 0 Å². The third-order valence-electron chi connectivity index (χ3n) is 3.13. The molecule has 2 aromatic rings. The molecule has 0 spiro atoms. The van der Waals surface area contributed by atoms with E-state index in [1.165, 1.54) is 4.90 Å². The summed E-state index contributed by atoms with van der Waals surface area (Å²) >= 11 is 0. The van der Waals surface area contributed by atoms with Gasteiger partial charge in [-0.2, -0.15) is 0 Å². The molecule has 6 heteroatoms. The van der Waals surface area contributed by atoms with Crippen molar-refractivity contribution in [2.45, 2.75) is 13.5 Å². The first-order valence-electron chi connectivity index (χ1n) is 6.19. The van der Waals surface area contributed by atoms with Crippen molar-refractivity contribution in [1.29, 1.82) is 0 Å². The number of nitrogens with one attached hydrogen (secondary N) is 1. The third kappa shape index (κ3) is 3.16. The smallest absolute Gasteiger partial charge is 0.317 e. The van der Waals surface area contributed by atoms with Gasteiger partial charge >= 0.3 is 11.9 Å². The van der Waals surface area contributed by atoms with Crippen molar-refractivity contribution in [3.63, 3.8) is 0 Å². The molecule has 0 atom stereocenters. The van der Waals surface area contributed by atoms with Crippen LogP contribution in [-0.2, 0) is 16.1 Å². The highest BCUT2D eigenvalue weighted by molar-refractivity contribution is 5.84. The summed E-state index contributed by atoms with van der Waals surface area (Å²) in [5.74, 6) is -2.08. The van der Waals surface area contributed by atoms with Gasteiger partial charge in [0.15, 0.2) is 0 Å². The number of H-pyrrole nitrogens is 1. The highest BCUT2D eigenvalue weighted by Crippen LogP contribution is 2.23. The molecule has 6 nitrogen and oxygen atoms in total. The molecular weight excluding hydrogens is 260 g/mol. The number of aliphatic carboxylic acids is 2. The number of carboxylic acid groups (broad SMARTS) is 2. The number of carbonyl (C=O) groups is 2. The van der Waals surface area contributed by atoms with Crippen molar-refractivity contribution in [3.8, 4) is 0 Å². The van der Waals surface area contributed by atoms with Crippen LogP contribution in [0.5, 0.6) is 0 Å². The van der Waals surface area contributed by atoms with Gasteiger partial charge in [-0.3, -0.25) is 14.5 Å². The molecule has 0 radical (unpaired) electrons. The summed E-state index contributed by atoms with van der Waals surface area (Å²) in [6, 6.07) is 7.69. The molecule has 2 rings (SSSR count). The summed E-state index contributed by atoms with van der Waals surface area (Å²) in [7, 11) is 0. The van der Waals surface area contributed by atoms with Gasteiger partial charge in [0.05, 0.1) is 13.1 Å². The van der Waals surface area contributed by atoms with Gasteiger partial charge in [-0.15, -0.1) is 0 Å². The van der Waals surface area contributed by atoms with Crippen LogP contribution < -0.4 is 0 Å². The SMILES string of the molecule is Cc1[nH]c2ccccc2c1CN(CC(=O)O)CC(=O)O. The summed E-state index contributed by atoms with van der Waals surface area (Å²) in [5, 5.41) is 18.7. The second kappa shape index (κ2) is 5.75. The topological polar surface area (TPSA) is 93.6 Å². The van der Waals surface area contributed by atoms with Crippen molar-refractivity contribution in [2.24, 2.45) is 0 Å². The van der Waals surface area contributed by atoms with E-state index >= 15 is 0 Å². The Labute approximate surface area is 115 Å². The van der Waals surface area contributed by atoms with Gasteiger partial charge in [0.1, 0.15) is 0 Å². The minimum atomic E-state index is -1.04. The largest absolute Gasteiger partial charge is 0.480 e. The van der Waals surface area contributed by atoms with Crippen LogP contribution in [0.2, 0.25) is 0 Å². The number of aromatic amines is 1. The maximum Gasteiger partial charge on any atom is 0.317 e. The molecule has 0 aliphatic carbocycles. The van der Waals surface area contributed by atoms with Crippen molar-refractivity contribution in [1.82, 2.24) is 9.88 Å². The van der Waals surface area contributed by atoms with Gasteiger partial charge in [-0.25, -0.2) is 0 Å². The molecule has 1 aromatic heterocycles. The molecule has 3 N–H and O–H groups in total. The Morgan fingerprint density at radius 1 is 1.15 bits per heavy atom. The van der Waals surface area contributed by atoms with Gasteiger partial charge in [-0.05, 0) is 18.6 Å². The van der Waals surface area contributed by atoms with Gasteiger partial charge in [0, 0.05) is 23.1 Å². The molecule has 1 heterocycles. The summed E-state index contributed by atoms with van der Waals surface area (Å²) in [6.07, 6.45) is 0. The highest BCUT2D eigenvalue weighted by Gasteiger charge is 2.17. The molecule has 20 heavy (non-hydrogen) atoms. The Hall–Kier alpha value is -2.34. The molecular formula is C14H16N2O4. The van der Waals surface area contributed by atoms with Crippen LogP contribution in [0, 0.1) is 6.92 Å². The lowest BCUT2D eigenvalue weighted by molar-refractivity contribution is -0.142. The number of carboxylic acids is 2. The highest BCUT2D eigenvalue weighted by atomic mass is 16.4. The molecule has 0 amide bonds. The number of benzene rings is 1. The number of fused-ring (bicyclic) bond motifs is 1. The summed E-state index contributed by atoms with van der Waals surface area (Å²) in [5.41, 5.74) is 2.82. The van der Waals surface area contributed by atoms with E-state index in [1.54, 1.807) is 0 Å². The number of aromatic nitrogens is 1. The summed E-state index contributed by atoms with van der Waals surface area (Å²) in [6.45, 7) is 1.58. The fourth-order valence-electron chi connectivity index (χ4n) is 2.31. The molecule has 0 aliphatic heterocycles. The summed E-state index contributed by atoms with van der Waals surface area (Å²) < 4.78 is 0. The first kappa shape index (κ1) is 14.1. The predicted octanol–water partition coefficient (Wildman–Crippen LogP) is 1.45. The Balaban J connectivity index is 2.29. The normalized spacial score (nSPS) is 11.1. The van der Waals surface area contributed by atoms with E-state index in [0.717, 1.165) is 22.2 Å². The zero-order chi connectivity index (χ0) is 14.7. The Kier molecular flexibility index (Phi) is 4.05. The zero-order valence-corrected chi connectivity index (χ0v) is 11.1. The minimum absolute atomic E-state index is 0.286. The van der Waals surface area contributed by atoms with Gasteiger partial charge < -0.3 is 15.2 Å². The average Bonchev–Trinajstić information content (AvgIpc) is 2.64. The van der Waals surface area contributed by atoms with Crippen LogP contribution in [0.1, 0.15) is 11.3 Å². The van der Waals surface area contributed by atoms with Crippen LogP contribution in [-0.4, -0.2) is 45.1 Å². The van der Waals surface area contributed by atoms with E-state index < -0.39 is 11.9 Å². The maximum atomic E-state index is 10.8. The van der Waals surface area contributed by atoms with Crippen LogP contribution in [0.15, 0.2) is 24.3 Å².